The van der Waals surface area contributed by atoms with Crippen molar-refractivity contribution < 1.29 is 31.5 Å². The van der Waals surface area contributed by atoms with Crippen molar-refractivity contribution in [3.05, 3.63) is 47.7 Å². The molecule has 3 rings (SSSR count). The van der Waals surface area contributed by atoms with Gasteiger partial charge in [0.15, 0.2) is 9.84 Å². The minimum Gasteiger partial charge on any atom is -0.445 e. The summed E-state index contributed by atoms with van der Waals surface area (Å²) in [5, 5.41) is 2.58. The fourth-order valence-electron chi connectivity index (χ4n) is 3.74. The molecule has 0 spiro atoms. The molecule has 0 saturated heterocycles. The molecule has 34 heavy (non-hydrogen) atoms. The number of methoxy groups -OCH3 is 1. The van der Waals surface area contributed by atoms with Crippen molar-refractivity contribution in [1.29, 1.82) is 0 Å². The number of amides is 1. The molecular weight excluding hydrogens is 472 g/mol. The summed E-state index contributed by atoms with van der Waals surface area (Å²) in [6.07, 6.45) is 2.36. The van der Waals surface area contributed by atoms with Crippen LogP contribution in [-0.2, 0) is 20.1 Å². The van der Waals surface area contributed by atoms with Crippen LogP contribution >= 0.6 is 0 Å². The number of nitrogens with zero attached hydrogens (tertiary/aromatic N) is 3. The second kappa shape index (κ2) is 9.22. The van der Waals surface area contributed by atoms with E-state index in [4.69, 9.17) is 10.5 Å². The van der Waals surface area contributed by atoms with E-state index in [0.29, 0.717) is 0 Å². The summed E-state index contributed by atoms with van der Waals surface area (Å²) in [7, 11) is -2.27. The number of halogens is 2. The van der Waals surface area contributed by atoms with Crippen molar-refractivity contribution in [2.24, 2.45) is 10.7 Å². The van der Waals surface area contributed by atoms with Crippen LogP contribution in [0.25, 0.3) is 0 Å². The Balaban J connectivity index is 1.97. The number of alkyl halides is 1. The van der Waals surface area contributed by atoms with Crippen LogP contribution in [0.1, 0.15) is 36.3 Å². The smallest absolute Gasteiger partial charge is 0.275 e. The summed E-state index contributed by atoms with van der Waals surface area (Å²) in [4.78, 5) is 24.6. The predicted molar refractivity (Wildman–Crippen MR) is 121 cm³/mol. The summed E-state index contributed by atoms with van der Waals surface area (Å²) in [5.74, 6) is -1.54. The lowest BCUT2D eigenvalue weighted by Gasteiger charge is -2.44. The normalized spacial score (nSPS) is 24.9. The molecule has 1 aromatic heterocycles. The quantitative estimate of drug-likeness (QED) is 0.590. The summed E-state index contributed by atoms with van der Waals surface area (Å²) >= 11 is 0. The van der Waals surface area contributed by atoms with Gasteiger partial charge >= 0.3 is 0 Å². The van der Waals surface area contributed by atoms with E-state index in [2.05, 4.69) is 25.0 Å². The van der Waals surface area contributed by atoms with Crippen molar-refractivity contribution in [3.63, 3.8) is 0 Å². The molecule has 13 heteroatoms. The van der Waals surface area contributed by atoms with Gasteiger partial charge in [0.1, 0.15) is 27.6 Å². The molecule has 0 bridgehead atoms. The lowest BCUT2D eigenvalue weighted by Crippen LogP contribution is -2.58. The van der Waals surface area contributed by atoms with Crippen molar-refractivity contribution in [2.45, 2.75) is 36.7 Å². The molecule has 3 atom stereocenters. The molecule has 2 aromatic rings. The SMILES string of the molecule is CO[C@@H]1C[C@@](C)(S(C)(=O)=O)C(N)=N[C@]1(C)c1cc(NC(=O)c2cnc(OCF)cn2)ccc1F. The van der Waals surface area contributed by atoms with E-state index in [9.17, 15) is 22.0 Å². The van der Waals surface area contributed by atoms with Gasteiger partial charge in [-0.1, -0.05) is 0 Å². The van der Waals surface area contributed by atoms with Gasteiger partial charge in [-0.15, -0.1) is 0 Å². The first-order valence-corrected chi connectivity index (χ1v) is 11.9. The van der Waals surface area contributed by atoms with E-state index in [1.54, 1.807) is 6.92 Å². The molecule has 0 saturated carbocycles. The van der Waals surface area contributed by atoms with Crippen LogP contribution < -0.4 is 15.8 Å². The highest BCUT2D eigenvalue weighted by Crippen LogP contribution is 2.43. The number of aromatic nitrogens is 2. The Labute approximate surface area is 195 Å². The van der Waals surface area contributed by atoms with Gasteiger partial charge < -0.3 is 20.5 Å². The zero-order chi connectivity index (χ0) is 25.3. The van der Waals surface area contributed by atoms with E-state index >= 15 is 0 Å². The second-order valence-corrected chi connectivity index (χ2v) is 10.7. The summed E-state index contributed by atoms with van der Waals surface area (Å²) in [5.41, 5.74) is 4.89. The Kier molecular flexibility index (Phi) is 6.90. The van der Waals surface area contributed by atoms with Crippen LogP contribution in [0, 0.1) is 5.82 Å². The van der Waals surface area contributed by atoms with Gasteiger partial charge in [0.2, 0.25) is 12.7 Å². The Morgan fingerprint density at radius 3 is 2.56 bits per heavy atom. The highest BCUT2D eigenvalue weighted by Gasteiger charge is 2.53. The summed E-state index contributed by atoms with van der Waals surface area (Å²) in [6, 6.07) is 3.85. The molecule has 3 N–H and O–H groups in total. The van der Waals surface area contributed by atoms with Gasteiger partial charge in [-0.3, -0.25) is 9.79 Å². The van der Waals surface area contributed by atoms with Crippen molar-refractivity contribution in [3.8, 4) is 5.88 Å². The third-order valence-electron chi connectivity index (χ3n) is 6.03. The fourth-order valence-corrected chi connectivity index (χ4v) is 4.61. The summed E-state index contributed by atoms with van der Waals surface area (Å²) in [6.45, 7) is 1.94. The number of nitrogens with two attached hydrogens (primary N) is 1. The first-order valence-electron chi connectivity index (χ1n) is 10.1. The molecule has 0 aliphatic carbocycles. The standard InChI is InChI=1S/C21H25F2N5O5S/c1-20(34(4,30)31)8-16(32-3)21(2,28-19(20)24)13-7-12(5-6-14(13)23)27-18(29)15-9-26-17(10-25-15)33-11-22/h5-7,9-10,16H,8,11H2,1-4H3,(H2,24,28)(H,27,29)/t16-,20-,21-/m1/s1. The number of sulfone groups is 1. The number of hydrogen-bond acceptors (Lipinski definition) is 9. The minimum atomic E-state index is -3.65. The van der Waals surface area contributed by atoms with Crippen molar-refractivity contribution >= 4 is 27.3 Å². The molecule has 2 heterocycles. The number of amidine groups is 1. The molecule has 1 aliphatic heterocycles. The molecule has 184 valence electrons. The van der Waals surface area contributed by atoms with Crippen LogP contribution in [-0.4, -0.2) is 61.2 Å². The monoisotopic (exact) mass is 497 g/mol. The maximum Gasteiger partial charge on any atom is 0.275 e. The number of hydrogen-bond donors (Lipinski definition) is 2. The van der Waals surface area contributed by atoms with Crippen LogP contribution in [0.2, 0.25) is 0 Å². The Morgan fingerprint density at radius 1 is 1.29 bits per heavy atom. The van der Waals surface area contributed by atoms with Crippen LogP contribution in [0.4, 0.5) is 14.5 Å². The number of carbonyl (C=O) groups excluding carboxylic acids is 1. The maximum atomic E-state index is 15.0. The van der Waals surface area contributed by atoms with E-state index in [-0.39, 0.29) is 35.1 Å². The van der Waals surface area contributed by atoms with Crippen molar-refractivity contribution in [1.82, 2.24) is 9.97 Å². The topological polar surface area (TPSA) is 146 Å². The average molecular weight is 498 g/mol. The molecule has 0 radical (unpaired) electrons. The van der Waals surface area contributed by atoms with Crippen LogP contribution in [0.5, 0.6) is 5.88 Å². The maximum absolute atomic E-state index is 15.0. The Hall–Kier alpha value is -3.19. The number of anilines is 1. The number of nitrogens with one attached hydrogen (secondary N) is 1. The molecule has 0 fully saturated rings. The molecular formula is C21H25F2N5O5S. The summed E-state index contributed by atoms with van der Waals surface area (Å²) < 4.78 is 60.6. The average Bonchev–Trinajstić information content (AvgIpc) is 2.77. The zero-order valence-corrected chi connectivity index (χ0v) is 19.8. The van der Waals surface area contributed by atoms with Gasteiger partial charge in [0.05, 0.1) is 18.5 Å². The minimum absolute atomic E-state index is 0.0485. The van der Waals surface area contributed by atoms with Gasteiger partial charge in [0, 0.05) is 31.0 Å². The van der Waals surface area contributed by atoms with Crippen molar-refractivity contribution in [2.75, 3.05) is 25.5 Å². The molecule has 1 aromatic carbocycles. The number of aliphatic imine (C=N–C) groups is 1. The molecule has 0 unspecified atom stereocenters. The number of ether oxygens (including phenoxy) is 2. The fraction of sp³-hybridized carbons (Fsp3) is 0.429. The van der Waals surface area contributed by atoms with E-state index in [1.807, 2.05) is 0 Å². The van der Waals surface area contributed by atoms with Gasteiger partial charge in [-0.25, -0.2) is 27.2 Å². The van der Waals surface area contributed by atoms with Crippen LogP contribution in [0.15, 0.2) is 35.6 Å². The highest BCUT2D eigenvalue weighted by atomic mass is 32.2. The lowest BCUT2D eigenvalue weighted by molar-refractivity contribution is 0.0246. The predicted octanol–water partition coefficient (Wildman–Crippen LogP) is 1.97. The second-order valence-electron chi connectivity index (χ2n) is 8.22. The molecule has 1 amide bonds. The van der Waals surface area contributed by atoms with E-state index in [1.165, 1.54) is 26.2 Å². The number of rotatable bonds is 7. The molecule has 1 aliphatic rings. The largest absolute Gasteiger partial charge is 0.445 e. The van der Waals surface area contributed by atoms with Gasteiger partial charge in [0.25, 0.3) is 5.91 Å². The lowest BCUT2D eigenvalue weighted by atomic mass is 9.78. The first kappa shape index (κ1) is 25.4. The molecule has 10 nitrogen and oxygen atoms in total. The van der Waals surface area contributed by atoms with Gasteiger partial charge in [-0.2, -0.15) is 0 Å². The highest BCUT2D eigenvalue weighted by molar-refractivity contribution is 7.92. The number of benzene rings is 1. The third kappa shape index (κ3) is 4.57. The van der Waals surface area contributed by atoms with Gasteiger partial charge in [-0.05, 0) is 32.0 Å². The Morgan fingerprint density at radius 2 is 2.00 bits per heavy atom. The van der Waals surface area contributed by atoms with Crippen LogP contribution in [0.3, 0.4) is 0 Å². The number of carbonyl (C=O) groups is 1. The first-order chi connectivity index (χ1) is 15.9. The van der Waals surface area contributed by atoms with E-state index < -0.39 is 44.8 Å². The third-order valence-corrected chi connectivity index (χ3v) is 8.04. The van der Waals surface area contributed by atoms with E-state index in [0.717, 1.165) is 24.7 Å². The zero-order valence-electron chi connectivity index (χ0n) is 19.0. The Bertz CT molecular complexity index is 1220.